The highest BCUT2D eigenvalue weighted by Gasteiger charge is 2.08. The fourth-order valence-corrected chi connectivity index (χ4v) is 2.03. The number of benzene rings is 1. The van der Waals surface area contributed by atoms with E-state index >= 15 is 0 Å². The van der Waals surface area contributed by atoms with Crippen molar-refractivity contribution in [2.75, 3.05) is 5.32 Å². The summed E-state index contributed by atoms with van der Waals surface area (Å²) in [5.41, 5.74) is 4.21. The largest absolute Gasteiger partial charge is 0.323 e. The Morgan fingerprint density at radius 2 is 1.95 bits per heavy atom. The molecule has 0 radical (unpaired) electrons. The maximum atomic E-state index is 11.9. The average molecular weight is 256 g/mol. The molecular formula is C16H20N2O. The predicted molar refractivity (Wildman–Crippen MR) is 79.0 cm³/mol. The number of nitrogens with one attached hydrogen (secondary N) is 2. The Morgan fingerprint density at radius 3 is 2.58 bits per heavy atom. The van der Waals surface area contributed by atoms with Gasteiger partial charge in [-0.05, 0) is 55.5 Å². The number of aryl methyl sites for hydroxylation is 1. The van der Waals surface area contributed by atoms with Crippen molar-refractivity contribution in [3.8, 4) is 0 Å². The van der Waals surface area contributed by atoms with E-state index in [0.29, 0.717) is 0 Å². The van der Waals surface area contributed by atoms with Crippen LogP contribution in [0.3, 0.4) is 0 Å². The first-order valence-corrected chi connectivity index (χ1v) is 6.72. The number of hydrogen-bond acceptors (Lipinski definition) is 1. The first kappa shape index (κ1) is 13.4. The third-order valence-electron chi connectivity index (χ3n) is 3.30. The molecule has 2 N–H and O–H groups in total. The van der Waals surface area contributed by atoms with Gasteiger partial charge in [0.1, 0.15) is 0 Å². The molecule has 3 heteroatoms. The number of carbonyl (C=O) groups is 1. The lowest BCUT2D eigenvalue weighted by Crippen LogP contribution is -2.28. The van der Waals surface area contributed by atoms with Crippen molar-refractivity contribution in [3.05, 3.63) is 53.3 Å². The van der Waals surface area contributed by atoms with Crippen molar-refractivity contribution >= 4 is 11.7 Å². The molecule has 0 saturated heterocycles. The third-order valence-corrected chi connectivity index (χ3v) is 3.30. The lowest BCUT2D eigenvalue weighted by Gasteiger charge is -2.14. The minimum absolute atomic E-state index is 0.190. The molecule has 2 amide bonds. The molecule has 1 aliphatic rings. The second-order valence-electron chi connectivity index (χ2n) is 4.76. The van der Waals surface area contributed by atoms with Gasteiger partial charge in [-0.15, -0.1) is 0 Å². The van der Waals surface area contributed by atoms with Crippen LogP contribution in [0.5, 0.6) is 0 Å². The number of rotatable bonds is 3. The molecule has 0 bridgehead atoms. The van der Waals surface area contributed by atoms with Gasteiger partial charge in [0.05, 0.1) is 0 Å². The van der Waals surface area contributed by atoms with Gasteiger partial charge in [-0.25, -0.2) is 4.79 Å². The van der Waals surface area contributed by atoms with E-state index in [1.807, 2.05) is 30.3 Å². The van der Waals surface area contributed by atoms with E-state index < -0.39 is 0 Å². The molecule has 0 spiro atoms. The second-order valence-corrected chi connectivity index (χ2v) is 4.76. The summed E-state index contributed by atoms with van der Waals surface area (Å²) in [6.45, 7) is 4.16. The molecule has 2 rings (SSSR count). The Labute approximate surface area is 114 Å². The van der Waals surface area contributed by atoms with Crippen molar-refractivity contribution in [1.82, 2.24) is 5.32 Å². The van der Waals surface area contributed by atoms with Crippen LogP contribution in [0.2, 0.25) is 0 Å². The van der Waals surface area contributed by atoms with Gasteiger partial charge < -0.3 is 10.6 Å². The van der Waals surface area contributed by atoms with Gasteiger partial charge in [-0.2, -0.15) is 0 Å². The van der Waals surface area contributed by atoms with Crippen LogP contribution < -0.4 is 10.6 Å². The van der Waals surface area contributed by atoms with Gasteiger partial charge in [0.25, 0.3) is 0 Å². The van der Waals surface area contributed by atoms with Crippen LogP contribution in [0.25, 0.3) is 0 Å². The van der Waals surface area contributed by atoms with Gasteiger partial charge >= 0.3 is 6.03 Å². The number of carbonyl (C=O) groups excluding carboxylic acids is 1. The van der Waals surface area contributed by atoms with Gasteiger partial charge in [0.2, 0.25) is 0 Å². The molecule has 0 unspecified atom stereocenters. The van der Waals surface area contributed by atoms with Crippen LogP contribution in [0.4, 0.5) is 10.5 Å². The fraction of sp³-hybridized carbons (Fsp3) is 0.312. The highest BCUT2D eigenvalue weighted by Crippen LogP contribution is 2.16. The minimum atomic E-state index is -0.190. The molecule has 0 saturated carbocycles. The van der Waals surface area contributed by atoms with Crippen LogP contribution in [-0.2, 0) is 6.42 Å². The SMILES string of the molecule is CCc1ccc(NC(=O)NC2=C(C)CCC=C2)cc1. The maximum Gasteiger partial charge on any atom is 0.323 e. The number of allylic oxidation sites excluding steroid dienone is 3. The topological polar surface area (TPSA) is 41.1 Å². The first-order valence-electron chi connectivity index (χ1n) is 6.72. The fourth-order valence-electron chi connectivity index (χ4n) is 2.03. The molecular weight excluding hydrogens is 236 g/mol. The highest BCUT2D eigenvalue weighted by molar-refractivity contribution is 5.90. The van der Waals surface area contributed by atoms with Crippen LogP contribution in [-0.4, -0.2) is 6.03 Å². The van der Waals surface area contributed by atoms with Crippen LogP contribution in [0.1, 0.15) is 32.3 Å². The van der Waals surface area contributed by atoms with E-state index in [9.17, 15) is 4.79 Å². The maximum absolute atomic E-state index is 11.9. The number of anilines is 1. The summed E-state index contributed by atoms with van der Waals surface area (Å²) in [6.07, 6.45) is 7.12. The summed E-state index contributed by atoms with van der Waals surface area (Å²) >= 11 is 0. The first-order chi connectivity index (χ1) is 9.19. The van der Waals surface area contributed by atoms with Gasteiger partial charge in [-0.1, -0.05) is 25.1 Å². The molecule has 100 valence electrons. The molecule has 0 heterocycles. The molecule has 19 heavy (non-hydrogen) atoms. The van der Waals surface area contributed by atoms with E-state index in [4.69, 9.17) is 0 Å². The van der Waals surface area contributed by atoms with E-state index in [0.717, 1.165) is 30.6 Å². The van der Waals surface area contributed by atoms with E-state index in [-0.39, 0.29) is 6.03 Å². The standard InChI is InChI=1S/C16H20N2O/c1-3-13-8-10-14(11-9-13)17-16(19)18-15-7-5-4-6-12(15)2/h5,7-11H,3-4,6H2,1-2H3,(H2,17,18,19). The predicted octanol–water partition coefficient (Wildman–Crippen LogP) is 3.99. The molecule has 0 atom stereocenters. The Hall–Kier alpha value is -2.03. The lowest BCUT2D eigenvalue weighted by atomic mass is 10.0. The average Bonchev–Trinajstić information content (AvgIpc) is 2.42. The normalized spacial score (nSPS) is 14.4. The zero-order chi connectivity index (χ0) is 13.7. The van der Waals surface area contributed by atoms with E-state index in [1.165, 1.54) is 11.1 Å². The quantitative estimate of drug-likeness (QED) is 0.843. The third kappa shape index (κ3) is 3.71. The molecule has 0 aliphatic heterocycles. The Bertz CT molecular complexity index is 512. The molecule has 1 aromatic carbocycles. The zero-order valence-electron chi connectivity index (χ0n) is 11.5. The summed E-state index contributed by atoms with van der Waals surface area (Å²) in [5, 5.41) is 5.73. The summed E-state index contributed by atoms with van der Waals surface area (Å²) in [4.78, 5) is 11.9. The van der Waals surface area contributed by atoms with Gasteiger partial charge in [-0.3, -0.25) is 0 Å². The monoisotopic (exact) mass is 256 g/mol. The van der Waals surface area contributed by atoms with Gasteiger partial charge in [0, 0.05) is 11.4 Å². The minimum Gasteiger partial charge on any atom is -0.308 e. The lowest BCUT2D eigenvalue weighted by molar-refractivity contribution is 0.254. The summed E-state index contributed by atoms with van der Waals surface area (Å²) in [6, 6.07) is 7.72. The molecule has 1 aliphatic carbocycles. The Kier molecular flexibility index (Phi) is 4.39. The Balaban J connectivity index is 1.95. The number of urea groups is 1. The smallest absolute Gasteiger partial charge is 0.308 e. The highest BCUT2D eigenvalue weighted by atomic mass is 16.2. The van der Waals surface area contributed by atoms with Crippen LogP contribution in [0.15, 0.2) is 47.7 Å². The van der Waals surface area contributed by atoms with E-state index in [2.05, 4.69) is 30.6 Å². The van der Waals surface area contributed by atoms with Crippen molar-refractivity contribution < 1.29 is 4.79 Å². The molecule has 0 fully saturated rings. The van der Waals surface area contributed by atoms with Gasteiger partial charge in [0.15, 0.2) is 0 Å². The van der Waals surface area contributed by atoms with Crippen LogP contribution >= 0.6 is 0 Å². The zero-order valence-corrected chi connectivity index (χ0v) is 11.5. The number of hydrogen-bond donors (Lipinski definition) is 2. The Morgan fingerprint density at radius 1 is 1.21 bits per heavy atom. The molecule has 1 aromatic rings. The number of amides is 2. The summed E-state index contributed by atoms with van der Waals surface area (Å²) in [7, 11) is 0. The molecule has 3 nitrogen and oxygen atoms in total. The van der Waals surface area contributed by atoms with Crippen LogP contribution in [0, 0.1) is 0 Å². The summed E-state index contributed by atoms with van der Waals surface area (Å²) in [5.74, 6) is 0. The van der Waals surface area contributed by atoms with Crippen molar-refractivity contribution in [3.63, 3.8) is 0 Å². The molecule has 0 aromatic heterocycles. The van der Waals surface area contributed by atoms with Crippen molar-refractivity contribution in [2.24, 2.45) is 0 Å². The van der Waals surface area contributed by atoms with Crippen molar-refractivity contribution in [2.45, 2.75) is 33.1 Å². The van der Waals surface area contributed by atoms with E-state index in [1.54, 1.807) is 0 Å². The summed E-state index contributed by atoms with van der Waals surface area (Å²) < 4.78 is 0. The second kappa shape index (κ2) is 6.23. The van der Waals surface area contributed by atoms with Crippen molar-refractivity contribution in [1.29, 1.82) is 0 Å².